The molecule has 0 unspecified atom stereocenters. The second-order valence-corrected chi connectivity index (χ2v) is 8.91. The second-order valence-electron chi connectivity index (χ2n) is 6.60. The van der Waals surface area contributed by atoms with Gasteiger partial charge in [-0.05, 0) is 64.0 Å². The molecule has 6 nitrogen and oxygen atoms in total. The Labute approximate surface area is 155 Å². The number of rotatable bonds is 7. The Bertz CT molecular complexity index is 669. The predicted octanol–water partition coefficient (Wildman–Crippen LogP) is 1.86. The van der Waals surface area contributed by atoms with E-state index < -0.39 is 10.0 Å². The Morgan fingerprint density at radius 2 is 1.84 bits per heavy atom. The molecule has 0 saturated carbocycles. The lowest BCUT2D eigenvalue weighted by Gasteiger charge is -2.34. The van der Waals surface area contributed by atoms with Gasteiger partial charge in [0.05, 0.1) is 5.75 Å². The summed E-state index contributed by atoms with van der Waals surface area (Å²) in [5.74, 6) is -0.436. The first-order valence-electron chi connectivity index (χ1n) is 8.54. The van der Waals surface area contributed by atoms with Crippen molar-refractivity contribution >= 4 is 27.5 Å². The van der Waals surface area contributed by atoms with Gasteiger partial charge in [0.15, 0.2) is 0 Å². The van der Waals surface area contributed by atoms with Gasteiger partial charge in [-0.1, -0.05) is 11.6 Å². The minimum absolute atomic E-state index is 0.0213. The van der Waals surface area contributed by atoms with Crippen LogP contribution in [-0.2, 0) is 10.0 Å². The molecule has 1 aliphatic rings. The van der Waals surface area contributed by atoms with Crippen LogP contribution in [-0.4, -0.2) is 56.7 Å². The molecule has 1 fully saturated rings. The number of amides is 1. The van der Waals surface area contributed by atoms with Gasteiger partial charge in [-0.25, -0.2) is 13.1 Å². The number of benzene rings is 1. The molecule has 0 aliphatic carbocycles. The maximum absolute atomic E-state index is 12.2. The van der Waals surface area contributed by atoms with Crippen LogP contribution in [0.15, 0.2) is 24.3 Å². The summed E-state index contributed by atoms with van der Waals surface area (Å²) in [6, 6.07) is 6.92. The fraction of sp³-hybridized carbons (Fsp3) is 0.588. The SMILES string of the molecule is CC(C)N1CCC(NS(=O)(=O)CCNC(=O)c2ccc(Cl)cc2)CC1. The Balaban J connectivity index is 1.74. The summed E-state index contributed by atoms with van der Waals surface area (Å²) in [6.45, 7) is 6.17. The molecule has 1 aliphatic heterocycles. The van der Waals surface area contributed by atoms with E-state index in [1.54, 1.807) is 24.3 Å². The van der Waals surface area contributed by atoms with Crippen LogP contribution in [0.3, 0.4) is 0 Å². The maximum atomic E-state index is 12.2. The Kier molecular flexibility index (Phi) is 7.25. The molecule has 0 radical (unpaired) electrons. The van der Waals surface area contributed by atoms with Gasteiger partial charge in [-0.3, -0.25) is 4.79 Å². The normalized spacial score (nSPS) is 17.0. The van der Waals surface area contributed by atoms with Crippen LogP contribution >= 0.6 is 11.6 Å². The third-order valence-electron chi connectivity index (χ3n) is 4.37. The van der Waals surface area contributed by atoms with Crippen molar-refractivity contribution in [2.45, 2.75) is 38.8 Å². The van der Waals surface area contributed by atoms with E-state index in [-0.39, 0.29) is 24.2 Å². The van der Waals surface area contributed by atoms with Crippen LogP contribution in [0.2, 0.25) is 5.02 Å². The van der Waals surface area contributed by atoms with E-state index in [0.717, 1.165) is 25.9 Å². The van der Waals surface area contributed by atoms with Gasteiger partial charge < -0.3 is 10.2 Å². The maximum Gasteiger partial charge on any atom is 0.251 e. The molecular weight excluding hydrogens is 362 g/mol. The lowest BCUT2D eigenvalue weighted by atomic mass is 10.1. The minimum Gasteiger partial charge on any atom is -0.351 e. The quantitative estimate of drug-likeness (QED) is 0.748. The van der Waals surface area contributed by atoms with E-state index in [1.807, 2.05) is 0 Å². The van der Waals surface area contributed by atoms with Gasteiger partial charge in [0.25, 0.3) is 5.91 Å². The van der Waals surface area contributed by atoms with Crippen molar-refractivity contribution in [2.75, 3.05) is 25.4 Å². The summed E-state index contributed by atoms with van der Waals surface area (Å²) in [4.78, 5) is 14.3. The number of hydrogen-bond acceptors (Lipinski definition) is 4. The largest absolute Gasteiger partial charge is 0.351 e. The summed E-state index contributed by atoms with van der Waals surface area (Å²) in [7, 11) is -3.41. The highest BCUT2D eigenvalue weighted by atomic mass is 35.5. The smallest absolute Gasteiger partial charge is 0.251 e. The molecule has 1 aromatic rings. The first kappa shape index (κ1) is 20.2. The number of sulfonamides is 1. The van der Waals surface area contributed by atoms with Crippen molar-refractivity contribution in [3.63, 3.8) is 0 Å². The molecule has 1 heterocycles. The number of nitrogens with one attached hydrogen (secondary N) is 2. The van der Waals surface area contributed by atoms with Gasteiger partial charge in [0, 0.05) is 29.2 Å². The average molecular weight is 388 g/mol. The highest BCUT2D eigenvalue weighted by molar-refractivity contribution is 7.89. The third kappa shape index (κ3) is 6.58. The number of likely N-dealkylation sites (tertiary alicyclic amines) is 1. The zero-order valence-electron chi connectivity index (χ0n) is 14.7. The van der Waals surface area contributed by atoms with E-state index in [0.29, 0.717) is 16.6 Å². The first-order chi connectivity index (χ1) is 11.8. The molecule has 1 aromatic carbocycles. The molecule has 1 amide bonds. The van der Waals surface area contributed by atoms with Crippen LogP contribution < -0.4 is 10.0 Å². The number of carbonyl (C=O) groups excluding carboxylic acids is 1. The standard InChI is InChI=1S/C17H26ClN3O3S/c1-13(2)21-10-7-16(8-11-21)20-25(23,24)12-9-19-17(22)14-3-5-15(18)6-4-14/h3-6,13,16,20H,7-12H2,1-2H3,(H,19,22). The molecule has 0 bridgehead atoms. The van der Waals surface area contributed by atoms with Gasteiger partial charge >= 0.3 is 0 Å². The number of nitrogens with zero attached hydrogens (tertiary/aromatic N) is 1. The highest BCUT2D eigenvalue weighted by Crippen LogP contribution is 2.13. The minimum atomic E-state index is -3.41. The molecule has 2 N–H and O–H groups in total. The van der Waals surface area contributed by atoms with Gasteiger partial charge in [-0.2, -0.15) is 0 Å². The molecule has 0 spiro atoms. The van der Waals surface area contributed by atoms with E-state index in [2.05, 4.69) is 28.8 Å². The van der Waals surface area contributed by atoms with Crippen molar-refractivity contribution in [3.8, 4) is 0 Å². The lowest BCUT2D eigenvalue weighted by molar-refractivity contribution is 0.0956. The topological polar surface area (TPSA) is 78.5 Å². The number of halogens is 1. The van der Waals surface area contributed by atoms with Crippen LogP contribution in [0.25, 0.3) is 0 Å². The van der Waals surface area contributed by atoms with Crippen molar-refractivity contribution in [3.05, 3.63) is 34.9 Å². The summed E-state index contributed by atoms with van der Waals surface area (Å²) >= 11 is 5.78. The summed E-state index contributed by atoms with van der Waals surface area (Å²) in [5.41, 5.74) is 0.454. The zero-order valence-corrected chi connectivity index (χ0v) is 16.2. The molecule has 0 aromatic heterocycles. The first-order valence-corrected chi connectivity index (χ1v) is 10.6. The summed E-state index contributed by atoms with van der Waals surface area (Å²) in [6.07, 6.45) is 1.63. The van der Waals surface area contributed by atoms with Gasteiger partial charge in [-0.15, -0.1) is 0 Å². The Morgan fingerprint density at radius 3 is 2.40 bits per heavy atom. The molecule has 140 valence electrons. The predicted molar refractivity (Wildman–Crippen MR) is 100 cm³/mol. The summed E-state index contributed by atoms with van der Waals surface area (Å²) < 4.78 is 27.1. The lowest BCUT2D eigenvalue weighted by Crippen LogP contribution is -2.47. The zero-order chi connectivity index (χ0) is 18.4. The second kappa shape index (κ2) is 8.98. The average Bonchev–Trinajstić information content (AvgIpc) is 2.55. The fourth-order valence-electron chi connectivity index (χ4n) is 2.85. The highest BCUT2D eigenvalue weighted by Gasteiger charge is 2.24. The van der Waals surface area contributed by atoms with E-state index in [4.69, 9.17) is 11.6 Å². The molecule has 2 rings (SSSR count). The summed E-state index contributed by atoms with van der Waals surface area (Å²) in [5, 5.41) is 3.17. The fourth-order valence-corrected chi connectivity index (χ4v) is 4.21. The molecule has 8 heteroatoms. The van der Waals surface area contributed by atoms with Crippen LogP contribution in [0.1, 0.15) is 37.0 Å². The van der Waals surface area contributed by atoms with Crippen LogP contribution in [0, 0.1) is 0 Å². The van der Waals surface area contributed by atoms with E-state index >= 15 is 0 Å². The van der Waals surface area contributed by atoms with Crippen molar-refractivity contribution in [1.29, 1.82) is 0 Å². The number of piperidine rings is 1. The molecule has 0 atom stereocenters. The molecule has 25 heavy (non-hydrogen) atoms. The molecule has 1 saturated heterocycles. The van der Waals surface area contributed by atoms with Crippen LogP contribution in [0.5, 0.6) is 0 Å². The Hall–Kier alpha value is -1.15. The van der Waals surface area contributed by atoms with E-state index in [1.165, 1.54) is 0 Å². The van der Waals surface area contributed by atoms with Gasteiger partial charge in [0.2, 0.25) is 10.0 Å². The number of hydrogen-bond donors (Lipinski definition) is 2. The monoisotopic (exact) mass is 387 g/mol. The van der Waals surface area contributed by atoms with Crippen molar-refractivity contribution in [2.24, 2.45) is 0 Å². The van der Waals surface area contributed by atoms with Crippen molar-refractivity contribution in [1.82, 2.24) is 14.9 Å². The third-order valence-corrected chi connectivity index (χ3v) is 6.05. The van der Waals surface area contributed by atoms with Gasteiger partial charge in [0.1, 0.15) is 0 Å². The van der Waals surface area contributed by atoms with Crippen molar-refractivity contribution < 1.29 is 13.2 Å². The number of carbonyl (C=O) groups is 1. The molecular formula is C17H26ClN3O3S. The van der Waals surface area contributed by atoms with Crippen LogP contribution in [0.4, 0.5) is 0 Å². The van der Waals surface area contributed by atoms with E-state index in [9.17, 15) is 13.2 Å². The Morgan fingerprint density at radius 1 is 1.24 bits per heavy atom.